The van der Waals surface area contributed by atoms with Gasteiger partial charge in [0.25, 0.3) is 0 Å². The van der Waals surface area contributed by atoms with Crippen LogP contribution < -0.4 is 11.3 Å². The van der Waals surface area contributed by atoms with Gasteiger partial charge in [0, 0.05) is 12.1 Å². The van der Waals surface area contributed by atoms with Crippen LogP contribution in [0.3, 0.4) is 0 Å². The second-order valence-electron chi connectivity index (χ2n) is 4.25. The van der Waals surface area contributed by atoms with Crippen LogP contribution in [-0.2, 0) is 4.79 Å². The van der Waals surface area contributed by atoms with Crippen molar-refractivity contribution in [3.8, 4) is 0 Å². The summed E-state index contributed by atoms with van der Waals surface area (Å²) in [5.74, 6) is 4.91. The summed E-state index contributed by atoms with van der Waals surface area (Å²) in [6, 6.07) is 0.752. The molecular formula is C9H17N3O2. The first-order chi connectivity index (χ1) is 6.70. The van der Waals surface area contributed by atoms with Gasteiger partial charge in [-0.25, -0.2) is 5.84 Å². The Bertz CT molecular complexity index is 220. The third kappa shape index (κ3) is 1.75. The third-order valence-corrected chi connectivity index (χ3v) is 3.35. The second kappa shape index (κ2) is 3.84. The van der Waals surface area contributed by atoms with Crippen LogP contribution in [0.1, 0.15) is 25.7 Å². The minimum absolute atomic E-state index is 0.140. The number of aliphatic hydroxyl groups excluding tert-OH is 1. The van der Waals surface area contributed by atoms with Crippen molar-refractivity contribution in [1.29, 1.82) is 0 Å². The Morgan fingerprint density at radius 2 is 2.00 bits per heavy atom. The monoisotopic (exact) mass is 199 g/mol. The summed E-state index contributed by atoms with van der Waals surface area (Å²) in [5, 5.41) is 9.55. The molecule has 2 aliphatic heterocycles. The molecule has 5 heteroatoms. The van der Waals surface area contributed by atoms with Crippen LogP contribution in [0.15, 0.2) is 0 Å². The first kappa shape index (κ1) is 9.89. The Morgan fingerprint density at radius 1 is 1.43 bits per heavy atom. The van der Waals surface area contributed by atoms with E-state index < -0.39 is 0 Å². The lowest BCUT2D eigenvalue weighted by Gasteiger charge is -2.36. The van der Waals surface area contributed by atoms with E-state index in [1.165, 1.54) is 0 Å². The minimum Gasteiger partial charge on any atom is -0.393 e. The smallest absolute Gasteiger partial charge is 0.248 e. The van der Waals surface area contributed by atoms with Crippen LogP contribution in [0.2, 0.25) is 0 Å². The maximum absolute atomic E-state index is 11.1. The third-order valence-electron chi connectivity index (χ3n) is 3.35. The van der Waals surface area contributed by atoms with Crippen molar-refractivity contribution in [3.05, 3.63) is 0 Å². The second-order valence-corrected chi connectivity index (χ2v) is 4.25. The predicted octanol–water partition coefficient (Wildman–Crippen LogP) is -1.04. The van der Waals surface area contributed by atoms with Crippen molar-refractivity contribution >= 4 is 5.91 Å². The van der Waals surface area contributed by atoms with E-state index >= 15 is 0 Å². The van der Waals surface area contributed by atoms with E-state index in [2.05, 4.69) is 10.3 Å². The normalized spacial score (nSPS) is 37.1. The van der Waals surface area contributed by atoms with Gasteiger partial charge in [-0.2, -0.15) is 0 Å². The molecule has 2 fully saturated rings. The molecule has 2 unspecified atom stereocenters. The molecule has 1 amide bonds. The number of piperidine rings is 1. The largest absolute Gasteiger partial charge is 0.393 e. The van der Waals surface area contributed by atoms with Crippen LogP contribution in [0.25, 0.3) is 0 Å². The molecule has 2 aliphatic rings. The number of carbonyl (C=O) groups is 1. The number of aliphatic hydroxyl groups is 1. The van der Waals surface area contributed by atoms with Crippen LogP contribution in [0.5, 0.6) is 0 Å². The maximum Gasteiger partial charge on any atom is 0.248 e. The van der Waals surface area contributed by atoms with Gasteiger partial charge in [0.05, 0.1) is 12.6 Å². The Labute approximate surface area is 83.2 Å². The number of hydrogen-bond donors (Lipinski definition) is 3. The highest BCUT2D eigenvalue weighted by Crippen LogP contribution is 2.35. The lowest BCUT2D eigenvalue weighted by Crippen LogP contribution is -2.50. The number of amides is 1. The van der Waals surface area contributed by atoms with E-state index in [0.29, 0.717) is 18.6 Å². The zero-order valence-electron chi connectivity index (χ0n) is 8.15. The molecule has 5 nitrogen and oxygen atoms in total. The van der Waals surface area contributed by atoms with Gasteiger partial charge in [-0.3, -0.25) is 15.1 Å². The topological polar surface area (TPSA) is 78.6 Å². The van der Waals surface area contributed by atoms with E-state index in [9.17, 15) is 9.90 Å². The van der Waals surface area contributed by atoms with Crippen molar-refractivity contribution < 1.29 is 9.90 Å². The van der Waals surface area contributed by atoms with Crippen molar-refractivity contribution in [2.75, 3.05) is 6.54 Å². The molecular weight excluding hydrogens is 182 g/mol. The zero-order chi connectivity index (χ0) is 10.1. The molecule has 0 radical (unpaired) electrons. The molecule has 14 heavy (non-hydrogen) atoms. The van der Waals surface area contributed by atoms with E-state index in [4.69, 9.17) is 5.84 Å². The van der Waals surface area contributed by atoms with E-state index in [-0.39, 0.29) is 12.0 Å². The molecule has 80 valence electrons. The van der Waals surface area contributed by atoms with E-state index in [1.54, 1.807) is 0 Å². The van der Waals surface area contributed by atoms with Crippen LogP contribution in [0.4, 0.5) is 0 Å². The molecule has 0 aromatic carbocycles. The molecule has 0 aromatic heterocycles. The molecule has 0 spiro atoms. The van der Waals surface area contributed by atoms with Gasteiger partial charge in [-0.1, -0.05) is 0 Å². The standard InChI is InChI=1S/C9H17N3O2/c10-11-9(14)5-12-6-1-2-7(12)4-8(13)3-6/h6-8,13H,1-5,10H2,(H,11,14). The summed E-state index contributed by atoms with van der Waals surface area (Å²) in [4.78, 5) is 13.3. The van der Waals surface area contributed by atoms with Crippen LogP contribution >= 0.6 is 0 Å². The fraction of sp³-hybridized carbons (Fsp3) is 0.889. The van der Waals surface area contributed by atoms with E-state index in [0.717, 1.165) is 25.7 Å². The molecule has 2 bridgehead atoms. The number of rotatable bonds is 2. The predicted molar refractivity (Wildman–Crippen MR) is 51.1 cm³/mol. The Hall–Kier alpha value is -0.650. The number of nitrogens with zero attached hydrogens (tertiary/aromatic N) is 1. The number of nitrogens with two attached hydrogens (primary N) is 1. The summed E-state index contributed by atoms with van der Waals surface area (Å²) >= 11 is 0. The fourth-order valence-corrected chi connectivity index (χ4v) is 2.72. The highest BCUT2D eigenvalue weighted by molar-refractivity contribution is 5.77. The number of carbonyl (C=O) groups excluding carboxylic acids is 1. The van der Waals surface area contributed by atoms with E-state index in [1.807, 2.05) is 0 Å². The molecule has 4 N–H and O–H groups in total. The lowest BCUT2D eigenvalue weighted by atomic mass is 10.00. The molecule has 0 saturated carbocycles. The van der Waals surface area contributed by atoms with Gasteiger partial charge in [0.15, 0.2) is 0 Å². The average molecular weight is 199 g/mol. The summed E-state index contributed by atoms with van der Waals surface area (Å²) < 4.78 is 0. The number of fused-ring (bicyclic) bond motifs is 2. The van der Waals surface area contributed by atoms with Gasteiger partial charge in [-0.15, -0.1) is 0 Å². The molecule has 2 saturated heterocycles. The zero-order valence-corrected chi connectivity index (χ0v) is 8.15. The molecule has 2 rings (SSSR count). The van der Waals surface area contributed by atoms with Crippen LogP contribution in [-0.4, -0.2) is 40.6 Å². The summed E-state index contributed by atoms with van der Waals surface area (Å²) in [6.45, 7) is 0.374. The number of hydrazine groups is 1. The minimum atomic E-state index is -0.176. The highest BCUT2D eigenvalue weighted by Gasteiger charge is 2.40. The summed E-state index contributed by atoms with van der Waals surface area (Å²) in [7, 11) is 0. The molecule has 2 heterocycles. The Kier molecular flexibility index (Phi) is 2.71. The summed E-state index contributed by atoms with van der Waals surface area (Å²) in [5.41, 5.74) is 2.15. The van der Waals surface area contributed by atoms with Gasteiger partial charge >= 0.3 is 0 Å². The molecule has 2 atom stereocenters. The lowest BCUT2D eigenvalue weighted by molar-refractivity contribution is -0.124. The molecule has 0 aliphatic carbocycles. The van der Waals surface area contributed by atoms with Gasteiger partial charge in [0.2, 0.25) is 5.91 Å². The SMILES string of the molecule is NNC(=O)CN1C2CCC1CC(O)C2. The average Bonchev–Trinajstić information content (AvgIpc) is 2.41. The Balaban J connectivity index is 1.97. The first-order valence-electron chi connectivity index (χ1n) is 5.14. The van der Waals surface area contributed by atoms with Gasteiger partial charge in [-0.05, 0) is 25.7 Å². The van der Waals surface area contributed by atoms with Gasteiger partial charge in [0.1, 0.15) is 0 Å². The quantitative estimate of drug-likeness (QED) is 0.302. The fourth-order valence-electron chi connectivity index (χ4n) is 2.72. The number of nitrogens with one attached hydrogen (secondary N) is 1. The van der Waals surface area contributed by atoms with Crippen molar-refractivity contribution in [3.63, 3.8) is 0 Å². The van der Waals surface area contributed by atoms with Crippen molar-refractivity contribution in [1.82, 2.24) is 10.3 Å². The first-order valence-corrected chi connectivity index (χ1v) is 5.14. The van der Waals surface area contributed by atoms with Crippen molar-refractivity contribution in [2.24, 2.45) is 5.84 Å². The Morgan fingerprint density at radius 3 is 2.50 bits per heavy atom. The summed E-state index contributed by atoms with van der Waals surface area (Å²) in [6.07, 6.45) is 3.62. The van der Waals surface area contributed by atoms with Crippen molar-refractivity contribution in [2.45, 2.75) is 43.9 Å². The highest BCUT2D eigenvalue weighted by atomic mass is 16.3. The molecule has 0 aromatic rings. The maximum atomic E-state index is 11.1. The number of hydrogen-bond acceptors (Lipinski definition) is 4. The van der Waals surface area contributed by atoms with Gasteiger partial charge < -0.3 is 5.11 Å². The van der Waals surface area contributed by atoms with Crippen LogP contribution in [0, 0.1) is 0 Å².